The van der Waals surface area contributed by atoms with Crippen LogP contribution in [0.25, 0.3) is 10.9 Å². The first kappa shape index (κ1) is 23.1. The molecule has 1 aromatic heterocycles. The molecule has 6 N–H and O–H groups in total. The monoisotopic (exact) mass is 434 g/mol. The fraction of sp³-hybridized carbons (Fsp3) is 0.250. The topological polar surface area (TPSA) is 148 Å². The van der Waals surface area contributed by atoms with Crippen molar-refractivity contribution >= 4 is 28.5 Å². The second-order valence-electron chi connectivity index (χ2n) is 7.69. The number of nitrogens with one attached hydrogen (secondary N) is 1. The van der Waals surface area contributed by atoms with Crippen LogP contribution in [-0.2, 0) is 9.59 Å². The van der Waals surface area contributed by atoms with E-state index >= 15 is 0 Å². The molecule has 166 valence electrons. The van der Waals surface area contributed by atoms with E-state index in [9.17, 15) is 19.5 Å². The molecular formula is C24H26N4O4. The third-order valence-corrected chi connectivity index (χ3v) is 5.30. The summed E-state index contributed by atoms with van der Waals surface area (Å²) in [7, 11) is 0. The Morgan fingerprint density at radius 1 is 1.00 bits per heavy atom. The Balaban J connectivity index is 1.87. The minimum Gasteiger partial charge on any atom is -0.393 e. The van der Waals surface area contributed by atoms with Gasteiger partial charge in [-0.15, -0.1) is 0 Å². The standard InChI is InChI=1S/C24H26N4O4/c1-14(29)21(22(26)16-8-3-2-4-9-16)23(31)19(13-20(25)30)28-24(32)18-12-11-15-7-5-6-10-17(15)27-18/h2-12,14,19,21-22,29H,13,26H2,1H3,(H2,25,30)(H,28,32)/t14?,19-,21?,22?/m0/s1. The lowest BCUT2D eigenvalue weighted by atomic mass is 9.83. The molecule has 0 aliphatic rings. The highest BCUT2D eigenvalue weighted by molar-refractivity contribution is 6.00. The van der Waals surface area contributed by atoms with Crippen LogP contribution in [0.2, 0.25) is 0 Å². The Bertz CT molecular complexity index is 1120. The third kappa shape index (κ3) is 5.35. The summed E-state index contributed by atoms with van der Waals surface area (Å²) in [5.74, 6) is -3.04. The first-order valence-electron chi connectivity index (χ1n) is 10.2. The number of carbonyl (C=O) groups is 3. The minimum atomic E-state index is -1.26. The van der Waals surface area contributed by atoms with Gasteiger partial charge in [0.05, 0.1) is 30.0 Å². The summed E-state index contributed by atoms with van der Waals surface area (Å²) in [5, 5.41) is 13.7. The molecule has 0 saturated carbocycles. The lowest BCUT2D eigenvalue weighted by Crippen LogP contribution is -2.50. The molecule has 0 radical (unpaired) electrons. The fourth-order valence-electron chi connectivity index (χ4n) is 3.68. The van der Waals surface area contributed by atoms with E-state index in [0.29, 0.717) is 11.1 Å². The van der Waals surface area contributed by atoms with Gasteiger partial charge >= 0.3 is 0 Å². The van der Waals surface area contributed by atoms with Crippen molar-refractivity contribution in [3.63, 3.8) is 0 Å². The van der Waals surface area contributed by atoms with Gasteiger partial charge in [-0.1, -0.05) is 54.6 Å². The number of nitrogens with two attached hydrogens (primary N) is 2. The molecule has 0 fully saturated rings. The van der Waals surface area contributed by atoms with Gasteiger partial charge in [-0.25, -0.2) is 4.98 Å². The Morgan fingerprint density at radius 2 is 1.66 bits per heavy atom. The van der Waals surface area contributed by atoms with Crippen molar-refractivity contribution in [3.8, 4) is 0 Å². The maximum absolute atomic E-state index is 13.3. The van der Waals surface area contributed by atoms with Crippen molar-refractivity contribution in [2.24, 2.45) is 17.4 Å². The van der Waals surface area contributed by atoms with E-state index in [4.69, 9.17) is 11.5 Å². The fourth-order valence-corrected chi connectivity index (χ4v) is 3.68. The van der Waals surface area contributed by atoms with Crippen LogP contribution in [0.5, 0.6) is 0 Å². The Morgan fingerprint density at radius 3 is 2.31 bits per heavy atom. The maximum Gasteiger partial charge on any atom is 0.270 e. The molecular weight excluding hydrogens is 408 g/mol. The molecule has 3 rings (SSSR count). The second-order valence-corrected chi connectivity index (χ2v) is 7.69. The zero-order valence-corrected chi connectivity index (χ0v) is 17.6. The summed E-state index contributed by atoms with van der Waals surface area (Å²) in [6.45, 7) is 1.44. The number of primary amides is 1. The lowest BCUT2D eigenvalue weighted by molar-refractivity contribution is -0.131. The molecule has 2 aromatic carbocycles. The molecule has 0 saturated heterocycles. The van der Waals surface area contributed by atoms with Crippen molar-refractivity contribution in [3.05, 3.63) is 78.0 Å². The van der Waals surface area contributed by atoms with Gasteiger partial charge in [0.15, 0.2) is 5.78 Å². The van der Waals surface area contributed by atoms with E-state index in [1.165, 1.54) is 13.0 Å². The number of amides is 2. The van der Waals surface area contributed by atoms with Gasteiger partial charge < -0.3 is 21.9 Å². The van der Waals surface area contributed by atoms with Gasteiger partial charge in [-0.2, -0.15) is 0 Å². The molecule has 2 amide bonds. The van der Waals surface area contributed by atoms with Gasteiger partial charge in [0, 0.05) is 11.4 Å². The Hall–Kier alpha value is -3.62. The molecule has 0 bridgehead atoms. The van der Waals surface area contributed by atoms with Crippen molar-refractivity contribution in [2.45, 2.75) is 31.5 Å². The van der Waals surface area contributed by atoms with E-state index < -0.39 is 48.1 Å². The number of aromatic nitrogens is 1. The summed E-state index contributed by atoms with van der Waals surface area (Å²) >= 11 is 0. The predicted molar refractivity (Wildman–Crippen MR) is 120 cm³/mol. The highest BCUT2D eigenvalue weighted by Crippen LogP contribution is 2.25. The van der Waals surface area contributed by atoms with Gasteiger partial charge in [0.25, 0.3) is 5.91 Å². The van der Waals surface area contributed by atoms with Crippen LogP contribution < -0.4 is 16.8 Å². The number of benzene rings is 2. The normalized spacial score (nSPS) is 14.8. The molecule has 0 aliphatic carbocycles. The summed E-state index contributed by atoms with van der Waals surface area (Å²) in [6, 6.07) is 17.3. The second kappa shape index (κ2) is 10.1. The van der Waals surface area contributed by atoms with Crippen molar-refractivity contribution < 1.29 is 19.5 Å². The van der Waals surface area contributed by atoms with Gasteiger partial charge in [-0.3, -0.25) is 14.4 Å². The SMILES string of the molecule is CC(O)C(C(=O)[C@H](CC(N)=O)NC(=O)c1ccc2ccccc2n1)C(N)c1ccccc1. The number of aliphatic hydroxyl groups is 1. The van der Waals surface area contributed by atoms with Crippen LogP contribution in [0.3, 0.4) is 0 Å². The maximum atomic E-state index is 13.3. The Labute approximate surface area is 185 Å². The average Bonchev–Trinajstić information content (AvgIpc) is 2.78. The zero-order valence-electron chi connectivity index (χ0n) is 17.6. The predicted octanol–water partition coefficient (Wildman–Crippen LogP) is 1.47. The third-order valence-electron chi connectivity index (χ3n) is 5.30. The lowest BCUT2D eigenvalue weighted by Gasteiger charge is -2.29. The summed E-state index contributed by atoms with van der Waals surface area (Å²) in [4.78, 5) is 42.1. The molecule has 0 spiro atoms. The van der Waals surface area contributed by atoms with E-state index in [1.54, 1.807) is 42.5 Å². The number of hydrogen-bond acceptors (Lipinski definition) is 6. The average molecular weight is 434 g/mol. The molecule has 1 heterocycles. The van der Waals surface area contributed by atoms with Crippen LogP contribution in [0.15, 0.2) is 66.7 Å². The van der Waals surface area contributed by atoms with Gasteiger partial charge in [0.1, 0.15) is 5.69 Å². The number of para-hydroxylation sites is 1. The number of ketones is 1. The molecule has 32 heavy (non-hydrogen) atoms. The van der Waals surface area contributed by atoms with Crippen LogP contribution in [0.1, 0.15) is 35.4 Å². The highest BCUT2D eigenvalue weighted by Gasteiger charge is 2.37. The number of carbonyl (C=O) groups excluding carboxylic acids is 3. The first-order chi connectivity index (χ1) is 15.3. The van der Waals surface area contributed by atoms with Crippen LogP contribution >= 0.6 is 0 Å². The van der Waals surface area contributed by atoms with Crippen LogP contribution in [0, 0.1) is 5.92 Å². The first-order valence-corrected chi connectivity index (χ1v) is 10.2. The van der Waals surface area contributed by atoms with Crippen LogP contribution in [-0.4, -0.2) is 39.8 Å². The number of pyridine rings is 1. The summed E-state index contributed by atoms with van der Waals surface area (Å²) in [6.07, 6.45) is -1.55. The molecule has 3 unspecified atom stereocenters. The molecule has 8 nitrogen and oxygen atoms in total. The smallest absolute Gasteiger partial charge is 0.270 e. The van der Waals surface area contributed by atoms with Gasteiger partial charge in [0.2, 0.25) is 5.91 Å². The van der Waals surface area contributed by atoms with Gasteiger partial charge in [-0.05, 0) is 24.6 Å². The number of aliphatic hydroxyl groups excluding tert-OH is 1. The van der Waals surface area contributed by atoms with E-state index in [1.807, 2.05) is 18.2 Å². The van der Waals surface area contributed by atoms with E-state index in [2.05, 4.69) is 10.3 Å². The minimum absolute atomic E-state index is 0.0897. The summed E-state index contributed by atoms with van der Waals surface area (Å²) < 4.78 is 0. The van der Waals surface area contributed by atoms with Crippen molar-refractivity contribution in [1.29, 1.82) is 0 Å². The molecule has 8 heteroatoms. The Kier molecular flexibility index (Phi) is 7.29. The van der Waals surface area contributed by atoms with Crippen molar-refractivity contribution in [2.75, 3.05) is 0 Å². The number of rotatable bonds is 9. The molecule has 0 aliphatic heterocycles. The number of hydrogen-bond donors (Lipinski definition) is 4. The number of Topliss-reactive ketones (excluding diaryl/α,β-unsaturated/α-hetero) is 1. The number of nitrogens with zero attached hydrogens (tertiary/aromatic N) is 1. The highest BCUT2D eigenvalue weighted by atomic mass is 16.3. The number of fused-ring (bicyclic) bond motifs is 1. The molecule has 3 aromatic rings. The summed E-state index contributed by atoms with van der Waals surface area (Å²) in [5.41, 5.74) is 13.0. The quantitative estimate of drug-likeness (QED) is 0.401. The largest absolute Gasteiger partial charge is 0.393 e. The van der Waals surface area contributed by atoms with Crippen molar-refractivity contribution in [1.82, 2.24) is 10.3 Å². The molecule has 4 atom stereocenters. The van der Waals surface area contributed by atoms with E-state index in [0.717, 1.165) is 5.39 Å². The van der Waals surface area contributed by atoms with E-state index in [-0.39, 0.29) is 5.69 Å². The van der Waals surface area contributed by atoms with Crippen LogP contribution in [0.4, 0.5) is 0 Å². The zero-order chi connectivity index (χ0) is 23.3.